The van der Waals surface area contributed by atoms with Gasteiger partial charge in [0.25, 0.3) is 0 Å². The molecule has 84 valence electrons. The van der Waals surface area contributed by atoms with E-state index < -0.39 is 0 Å². The van der Waals surface area contributed by atoms with Crippen molar-refractivity contribution >= 4 is 27.0 Å². The molecule has 4 heteroatoms. The van der Waals surface area contributed by atoms with E-state index in [0.29, 0.717) is 0 Å². The van der Waals surface area contributed by atoms with E-state index in [4.69, 9.17) is 0 Å². The summed E-state index contributed by atoms with van der Waals surface area (Å²) in [6, 6.07) is 13.0. The van der Waals surface area contributed by atoms with E-state index in [1.165, 1.54) is 0 Å². The van der Waals surface area contributed by atoms with Crippen molar-refractivity contribution in [1.82, 2.24) is 9.97 Å². The lowest BCUT2D eigenvalue weighted by Crippen LogP contribution is -1.82. The maximum Gasteiger partial charge on any atom is 0.139 e. The summed E-state index contributed by atoms with van der Waals surface area (Å²) in [5, 5.41) is 9.51. The molecule has 2 N–H and O–H groups in total. The van der Waals surface area contributed by atoms with Crippen molar-refractivity contribution in [1.29, 1.82) is 0 Å². The number of aromatic hydroxyl groups is 1. The fraction of sp³-hybridized carbons (Fsp3) is 0. The molecule has 0 aliphatic carbocycles. The Bertz CT molecular complexity index is 658. The number of halogens is 1. The van der Waals surface area contributed by atoms with E-state index >= 15 is 0 Å². The summed E-state index contributed by atoms with van der Waals surface area (Å²) in [7, 11) is 0. The van der Waals surface area contributed by atoms with Gasteiger partial charge in [0, 0.05) is 10.0 Å². The molecule has 0 unspecified atom stereocenters. The van der Waals surface area contributed by atoms with Gasteiger partial charge in [0.2, 0.25) is 0 Å². The fourth-order valence-electron chi connectivity index (χ4n) is 1.78. The highest BCUT2D eigenvalue weighted by Crippen LogP contribution is 2.30. The quantitative estimate of drug-likeness (QED) is 0.717. The smallest absolute Gasteiger partial charge is 0.139 e. The van der Waals surface area contributed by atoms with Crippen LogP contribution in [0.15, 0.2) is 46.9 Å². The van der Waals surface area contributed by atoms with Crippen LogP contribution in [-0.4, -0.2) is 15.1 Å². The van der Waals surface area contributed by atoms with E-state index in [2.05, 4.69) is 25.9 Å². The predicted molar refractivity (Wildman–Crippen MR) is 70.9 cm³/mol. The number of H-pyrrole nitrogens is 1. The summed E-state index contributed by atoms with van der Waals surface area (Å²) in [6.07, 6.45) is 0. The van der Waals surface area contributed by atoms with Crippen LogP contribution in [0.3, 0.4) is 0 Å². The zero-order valence-corrected chi connectivity index (χ0v) is 10.4. The number of para-hydroxylation sites is 2. The van der Waals surface area contributed by atoms with Crippen LogP contribution < -0.4 is 0 Å². The lowest BCUT2D eigenvalue weighted by Gasteiger charge is -2.01. The fourth-order valence-corrected chi connectivity index (χ4v) is 2.21. The molecule has 0 atom stereocenters. The molecule has 0 spiro atoms. The Hall–Kier alpha value is -1.81. The third kappa shape index (κ3) is 1.80. The maximum atomic E-state index is 9.51. The number of aromatic amines is 1. The van der Waals surface area contributed by atoms with Crippen molar-refractivity contribution < 1.29 is 5.11 Å². The number of nitrogens with one attached hydrogen (secondary N) is 1. The van der Waals surface area contributed by atoms with Gasteiger partial charge in [-0.1, -0.05) is 28.1 Å². The first-order valence-corrected chi connectivity index (χ1v) is 5.97. The molecule has 1 heterocycles. The van der Waals surface area contributed by atoms with E-state index in [9.17, 15) is 5.11 Å². The maximum absolute atomic E-state index is 9.51. The van der Waals surface area contributed by atoms with Gasteiger partial charge in [-0.3, -0.25) is 0 Å². The number of rotatable bonds is 1. The molecule has 3 aromatic rings. The molecule has 17 heavy (non-hydrogen) atoms. The molecule has 0 bridgehead atoms. The highest BCUT2D eigenvalue weighted by molar-refractivity contribution is 9.10. The first-order chi connectivity index (χ1) is 8.24. The van der Waals surface area contributed by atoms with Gasteiger partial charge in [-0.15, -0.1) is 0 Å². The van der Waals surface area contributed by atoms with Crippen LogP contribution in [0.2, 0.25) is 0 Å². The number of benzene rings is 2. The van der Waals surface area contributed by atoms with Crippen molar-refractivity contribution in [3.63, 3.8) is 0 Å². The highest BCUT2D eigenvalue weighted by atomic mass is 79.9. The van der Waals surface area contributed by atoms with E-state index in [1.807, 2.05) is 24.3 Å². The van der Waals surface area contributed by atoms with Gasteiger partial charge in [0.1, 0.15) is 11.6 Å². The summed E-state index contributed by atoms with van der Waals surface area (Å²) in [5.41, 5.74) is 2.75. The van der Waals surface area contributed by atoms with Gasteiger partial charge in [-0.25, -0.2) is 4.98 Å². The van der Waals surface area contributed by atoms with Gasteiger partial charge in [0.15, 0.2) is 0 Å². The summed E-state index contributed by atoms with van der Waals surface area (Å²) in [5.74, 6) is 0.970. The van der Waals surface area contributed by atoms with Crippen LogP contribution in [0.1, 0.15) is 0 Å². The van der Waals surface area contributed by atoms with E-state index in [0.717, 1.165) is 26.9 Å². The number of imidazole rings is 1. The largest absolute Gasteiger partial charge is 0.508 e. The van der Waals surface area contributed by atoms with E-state index in [-0.39, 0.29) is 5.75 Å². The average molecular weight is 289 g/mol. The van der Waals surface area contributed by atoms with Crippen LogP contribution in [0.4, 0.5) is 0 Å². The second-order valence-corrected chi connectivity index (χ2v) is 4.62. The van der Waals surface area contributed by atoms with Gasteiger partial charge in [-0.2, -0.15) is 0 Å². The van der Waals surface area contributed by atoms with Crippen LogP contribution in [0, 0.1) is 0 Å². The molecule has 0 amide bonds. The van der Waals surface area contributed by atoms with Crippen LogP contribution in [0.25, 0.3) is 22.4 Å². The van der Waals surface area contributed by atoms with Gasteiger partial charge in [0.05, 0.1) is 11.0 Å². The van der Waals surface area contributed by atoms with Crippen molar-refractivity contribution in [3.05, 3.63) is 46.9 Å². The van der Waals surface area contributed by atoms with Gasteiger partial charge in [-0.05, 0) is 30.3 Å². The molecular weight excluding hydrogens is 280 g/mol. The van der Waals surface area contributed by atoms with Crippen molar-refractivity contribution in [2.45, 2.75) is 0 Å². The number of phenols is 1. The Morgan fingerprint density at radius 3 is 2.76 bits per heavy atom. The summed E-state index contributed by atoms with van der Waals surface area (Å²) >= 11 is 3.45. The lowest BCUT2D eigenvalue weighted by molar-refractivity contribution is 0.475. The second kappa shape index (κ2) is 3.89. The molecule has 0 saturated carbocycles. The third-order valence-corrected chi connectivity index (χ3v) is 3.29. The number of hydrogen-bond acceptors (Lipinski definition) is 2. The van der Waals surface area contributed by atoms with E-state index in [1.54, 1.807) is 18.2 Å². The molecule has 3 nitrogen and oxygen atoms in total. The molecule has 2 aromatic carbocycles. The molecule has 0 saturated heterocycles. The summed E-state index contributed by atoms with van der Waals surface area (Å²) < 4.78 is 0.898. The number of hydrogen-bond donors (Lipinski definition) is 2. The second-order valence-electron chi connectivity index (χ2n) is 3.77. The first-order valence-electron chi connectivity index (χ1n) is 5.18. The Labute approximate surface area is 106 Å². The minimum Gasteiger partial charge on any atom is -0.508 e. The van der Waals surface area contributed by atoms with Gasteiger partial charge < -0.3 is 10.1 Å². The Morgan fingerprint density at radius 2 is 1.94 bits per heavy atom. The van der Waals surface area contributed by atoms with Gasteiger partial charge >= 0.3 is 0 Å². The van der Waals surface area contributed by atoms with Crippen LogP contribution >= 0.6 is 15.9 Å². The van der Waals surface area contributed by atoms with Crippen LogP contribution in [0.5, 0.6) is 5.75 Å². The summed E-state index contributed by atoms with van der Waals surface area (Å²) in [4.78, 5) is 7.72. The average Bonchev–Trinajstić information content (AvgIpc) is 2.75. The number of aromatic nitrogens is 2. The third-order valence-electron chi connectivity index (χ3n) is 2.59. The van der Waals surface area contributed by atoms with Crippen LogP contribution in [-0.2, 0) is 0 Å². The van der Waals surface area contributed by atoms with Crippen molar-refractivity contribution in [2.75, 3.05) is 0 Å². The molecule has 0 fully saturated rings. The first kappa shape index (κ1) is 10.4. The number of nitrogens with zero attached hydrogens (tertiary/aromatic N) is 1. The molecular formula is C13H9BrN2O. The lowest BCUT2D eigenvalue weighted by atomic mass is 10.2. The Morgan fingerprint density at radius 1 is 1.12 bits per heavy atom. The minimum absolute atomic E-state index is 0.226. The normalized spacial score (nSPS) is 10.9. The predicted octanol–water partition coefficient (Wildman–Crippen LogP) is 3.70. The van der Waals surface area contributed by atoms with Crippen molar-refractivity contribution in [2.24, 2.45) is 0 Å². The zero-order valence-electron chi connectivity index (χ0n) is 8.81. The zero-order chi connectivity index (χ0) is 11.8. The molecule has 3 rings (SSSR count). The SMILES string of the molecule is Oc1ccc(Br)c(-c2nc3ccccc3[nH]2)c1. The molecule has 0 radical (unpaired) electrons. The number of phenolic OH excluding ortho intramolecular Hbond substituents is 1. The monoisotopic (exact) mass is 288 g/mol. The molecule has 0 aliphatic heterocycles. The summed E-state index contributed by atoms with van der Waals surface area (Å²) in [6.45, 7) is 0. The highest BCUT2D eigenvalue weighted by Gasteiger charge is 2.09. The molecule has 0 aliphatic rings. The number of fused-ring (bicyclic) bond motifs is 1. The topological polar surface area (TPSA) is 48.9 Å². The molecule has 1 aromatic heterocycles. The standard InChI is InChI=1S/C13H9BrN2O/c14-10-6-5-8(17)7-9(10)13-15-11-3-1-2-4-12(11)16-13/h1-7,17H,(H,15,16). The Balaban J connectivity index is 2.23. The minimum atomic E-state index is 0.226. The van der Waals surface area contributed by atoms with Crippen molar-refractivity contribution in [3.8, 4) is 17.1 Å². The Kier molecular flexibility index (Phi) is 2.37.